The van der Waals surface area contributed by atoms with Gasteiger partial charge in [0.1, 0.15) is 12.6 Å². The largest absolute Gasteiger partial charge is 0.449 e. The van der Waals surface area contributed by atoms with Crippen LogP contribution in [0.1, 0.15) is 50.6 Å². The fraction of sp³-hybridized carbons (Fsp3) is 0.540. The lowest BCUT2D eigenvalue weighted by atomic mass is 9.98. The Morgan fingerprint density at radius 1 is 0.514 bits per heavy atom. The van der Waals surface area contributed by atoms with E-state index in [1.807, 2.05) is 24.3 Å². The Labute approximate surface area is 408 Å². The van der Waals surface area contributed by atoms with Crippen LogP contribution in [0.3, 0.4) is 0 Å². The van der Waals surface area contributed by atoms with Crippen molar-refractivity contribution < 1.29 is 76.1 Å². The van der Waals surface area contributed by atoms with E-state index in [0.29, 0.717) is 151 Å². The standard InChI is InChI=1S/C50H66N4O16/c55-45-13-12-44(47(56)53-45)54-48(57)41-10-5-11-43(46(41)49(54)58)51-14-16-60-18-20-62-22-24-64-26-28-66-30-32-68-34-35-69-33-31-67-29-27-65-25-23-63-21-19-61-17-15-52-50(59)70-36-42-39-8-3-1-6-37(39)38-7-2-4-9-40(38)42/h1-11,42,44,51H,12-36H2,(H,52,59)(H,53,55,56). The third kappa shape index (κ3) is 17.2. The van der Waals surface area contributed by atoms with E-state index in [1.54, 1.807) is 18.2 Å². The number of imide groups is 2. The van der Waals surface area contributed by atoms with E-state index in [1.165, 1.54) is 22.3 Å². The van der Waals surface area contributed by atoms with Gasteiger partial charge in [0.25, 0.3) is 11.8 Å². The van der Waals surface area contributed by atoms with Crippen molar-refractivity contribution in [3.8, 4) is 11.1 Å². The Bertz CT molecular complexity index is 2060. The van der Waals surface area contributed by atoms with Crippen LogP contribution in [0.25, 0.3) is 11.1 Å². The summed E-state index contributed by atoms with van der Waals surface area (Å²) in [5.74, 6) is -2.16. The molecular formula is C50H66N4O16. The first-order chi connectivity index (χ1) is 34.4. The SMILES string of the molecule is O=C1CCC(N2C(=O)c3cccc(NCCOCCOCCOCCOCCOCCOCCOCCOCCOCCOCCNC(=O)OCC4c5ccccc5-c5ccccc54)c3C2=O)C(=O)N1. The third-order valence-electron chi connectivity index (χ3n) is 11.2. The average molecular weight is 979 g/mol. The summed E-state index contributed by atoms with van der Waals surface area (Å²) in [6.45, 7) is 9.46. The normalized spacial score (nSPS) is 15.3. The second kappa shape index (κ2) is 31.1. The number of hydrogen-bond donors (Lipinski definition) is 3. The fourth-order valence-electron chi connectivity index (χ4n) is 7.88. The van der Waals surface area contributed by atoms with Gasteiger partial charge in [0.15, 0.2) is 0 Å². The molecule has 0 radical (unpaired) electrons. The molecule has 0 bridgehead atoms. The first-order valence-electron chi connectivity index (χ1n) is 23.9. The Morgan fingerprint density at radius 2 is 0.943 bits per heavy atom. The summed E-state index contributed by atoms with van der Waals surface area (Å²) in [4.78, 5) is 63.3. The molecule has 3 aromatic carbocycles. The highest BCUT2D eigenvalue weighted by Crippen LogP contribution is 2.44. The molecule has 2 aliphatic heterocycles. The average Bonchev–Trinajstić information content (AvgIpc) is 3.83. The number of carbonyl (C=O) groups is 5. The lowest BCUT2D eigenvalue weighted by Crippen LogP contribution is -2.54. The predicted octanol–water partition coefficient (Wildman–Crippen LogP) is 3.20. The van der Waals surface area contributed by atoms with Gasteiger partial charge in [-0.25, -0.2) is 4.79 Å². The molecule has 3 aromatic rings. The lowest BCUT2D eigenvalue weighted by Gasteiger charge is -2.27. The van der Waals surface area contributed by atoms with Gasteiger partial charge in [0, 0.05) is 31.1 Å². The van der Waals surface area contributed by atoms with E-state index in [4.69, 9.17) is 52.1 Å². The zero-order chi connectivity index (χ0) is 49.0. The number of nitrogens with zero attached hydrogens (tertiary/aromatic N) is 1. The van der Waals surface area contributed by atoms with E-state index in [2.05, 4.69) is 40.2 Å². The van der Waals surface area contributed by atoms with Gasteiger partial charge in [-0.05, 0) is 40.8 Å². The van der Waals surface area contributed by atoms with Crippen molar-refractivity contribution in [2.24, 2.45) is 0 Å². The molecular weight excluding hydrogens is 913 g/mol. The summed E-state index contributed by atoms with van der Waals surface area (Å²) in [5.41, 5.74) is 5.62. The van der Waals surface area contributed by atoms with Crippen LogP contribution in [-0.4, -0.2) is 192 Å². The molecule has 0 aromatic heterocycles. The van der Waals surface area contributed by atoms with E-state index in [9.17, 15) is 24.0 Å². The van der Waals surface area contributed by atoms with Gasteiger partial charge in [-0.1, -0.05) is 54.6 Å². The molecule has 3 N–H and O–H groups in total. The molecule has 0 spiro atoms. The zero-order valence-corrected chi connectivity index (χ0v) is 39.7. The van der Waals surface area contributed by atoms with Crippen molar-refractivity contribution >= 4 is 35.4 Å². The first kappa shape index (κ1) is 54.0. The molecule has 1 fully saturated rings. The number of anilines is 1. The van der Waals surface area contributed by atoms with Gasteiger partial charge in [-0.2, -0.15) is 0 Å². The van der Waals surface area contributed by atoms with Crippen LogP contribution in [0.4, 0.5) is 10.5 Å². The Hall–Kier alpha value is -5.39. The van der Waals surface area contributed by atoms with Crippen molar-refractivity contribution in [1.82, 2.24) is 15.5 Å². The molecule has 3 aliphatic rings. The first-order valence-corrected chi connectivity index (χ1v) is 23.9. The molecule has 1 unspecified atom stereocenters. The minimum atomic E-state index is -1.02. The fourth-order valence-corrected chi connectivity index (χ4v) is 7.88. The maximum absolute atomic E-state index is 13.2. The number of benzene rings is 3. The number of amides is 5. The molecule has 6 rings (SSSR count). The topological polar surface area (TPSA) is 226 Å². The second-order valence-electron chi connectivity index (χ2n) is 16.0. The number of hydrogen-bond acceptors (Lipinski definition) is 17. The molecule has 1 atom stereocenters. The summed E-state index contributed by atoms with van der Waals surface area (Å²) in [6, 6.07) is 20.4. The van der Waals surface area contributed by atoms with Crippen molar-refractivity contribution in [3.05, 3.63) is 89.0 Å². The highest BCUT2D eigenvalue weighted by Gasteiger charge is 2.45. The molecule has 5 amide bonds. The van der Waals surface area contributed by atoms with Crippen LogP contribution in [0.2, 0.25) is 0 Å². The van der Waals surface area contributed by atoms with Crippen molar-refractivity contribution in [1.29, 1.82) is 0 Å². The Balaban J connectivity index is 0.612. The van der Waals surface area contributed by atoms with Crippen LogP contribution in [-0.2, 0) is 61.7 Å². The smallest absolute Gasteiger partial charge is 0.407 e. The van der Waals surface area contributed by atoms with E-state index >= 15 is 0 Å². The van der Waals surface area contributed by atoms with E-state index in [0.717, 1.165) is 4.90 Å². The molecule has 20 heteroatoms. The van der Waals surface area contributed by atoms with Gasteiger partial charge >= 0.3 is 6.09 Å². The van der Waals surface area contributed by atoms with Crippen LogP contribution in [0.5, 0.6) is 0 Å². The molecule has 382 valence electrons. The predicted molar refractivity (Wildman–Crippen MR) is 253 cm³/mol. The second-order valence-corrected chi connectivity index (χ2v) is 16.0. The van der Waals surface area contributed by atoms with Crippen LogP contribution < -0.4 is 16.0 Å². The molecule has 1 saturated heterocycles. The number of ether oxygens (including phenoxy) is 11. The highest BCUT2D eigenvalue weighted by atomic mass is 16.6. The molecule has 0 saturated carbocycles. The number of alkyl carbamates (subject to hydrolysis) is 1. The Kier molecular flexibility index (Phi) is 23.9. The van der Waals surface area contributed by atoms with E-state index in [-0.39, 0.29) is 36.5 Å². The molecule has 1 aliphatic carbocycles. The summed E-state index contributed by atoms with van der Waals surface area (Å²) < 4.78 is 60.9. The monoisotopic (exact) mass is 978 g/mol. The maximum Gasteiger partial charge on any atom is 0.407 e. The zero-order valence-electron chi connectivity index (χ0n) is 39.7. The van der Waals surface area contributed by atoms with Crippen molar-refractivity contribution in [2.45, 2.75) is 24.8 Å². The minimum absolute atomic E-state index is 0.0234. The maximum atomic E-state index is 13.2. The summed E-state index contributed by atoms with van der Waals surface area (Å²) in [5, 5.41) is 8.07. The van der Waals surface area contributed by atoms with Crippen LogP contribution in [0.15, 0.2) is 66.7 Å². The van der Waals surface area contributed by atoms with Crippen molar-refractivity contribution in [2.75, 3.05) is 157 Å². The summed E-state index contributed by atoms with van der Waals surface area (Å²) in [6.07, 6.45) is -0.306. The number of fused-ring (bicyclic) bond motifs is 4. The Morgan fingerprint density at radius 3 is 1.41 bits per heavy atom. The van der Waals surface area contributed by atoms with E-state index < -0.39 is 35.8 Å². The van der Waals surface area contributed by atoms with Crippen LogP contribution >= 0.6 is 0 Å². The van der Waals surface area contributed by atoms with Gasteiger partial charge in [0.2, 0.25) is 11.8 Å². The quantitative estimate of drug-likeness (QED) is 0.0557. The van der Waals surface area contributed by atoms with Gasteiger partial charge in [-0.15, -0.1) is 0 Å². The lowest BCUT2D eigenvalue weighted by molar-refractivity contribution is -0.136. The minimum Gasteiger partial charge on any atom is -0.449 e. The number of rotatable bonds is 37. The summed E-state index contributed by atoms with van der Waals surface area (Å²) >= 11 is 0. The van der Waals surface area contributed by atoms with Gasteiger partial charge in [-0.3, -0.25) is 29.4 Å². The van der Waals surface area contributed by atoms with Gasteiger partial charge in [0.05, 0.1) is 143 Å². The number of carbonyl (C=O) groups excluding carboxylic acids is 5. The third-order valence-corrected chi connectivity index (χ3v) is 11.2. The molecule has 20 nitrogen and oxygen atoms in total. The van der Waals surface area contributed by atoms with Gasteiger partial charge < -0.3 is 62.7 Å². The highest BCUT2D eigenvalue weighted by molar-refractivity contribution is 6.25. The summed E-state index contributed by atoms with van der Waals surface area (Å²) in [7, 11) is 0. The van der Waals surface area contributed by atoms with Crippen molar-refractivity contribution in [3.63, 3.8) is 0 Å². The molecule has 2 heterocycles. The molecule has 70 heavy (non-hydrogen) atoms. The number of nitrogens with one attached hydrogen (secondary N) is 3. The van der Waals surface area contributed by atoms with Crippen LogP contribution in [0, 0.1) is 0 Å². The number of piperidine rings is 1.